The molecule has 0 radical (unpaired) electrons. The predicted molar refractivity (Wildman–Crippen MR) is 262 cm³/mol. The van der Waals surface area contributed by atoms with Crippen molar-refractivity contribution < 1.29 is 16.5 Å². The maximum atomic E-state index is 5.51. The third-order valence-corrected chi connectivity index (χ3v) is 11.4. The van der Waals surface area contributed by atoms with Gasteiger partial charge in [0, 0.05) is 22.9 Å². The zero-order valence-corrected chi connectivity index (χ0v) is 40.4. The first kappa shape index (κ1) is 54.6. The van der Waals surface area contributed by atoms with Gasteiger partial charge in [-0.05, 0) is 129 Å². The molecule has 0 saturated heterocycles. The van der Waals surface area contributed by atoms with Crippen molar-refractivity contribution >= 4 is 22.8 Å². The number of aryl methyl sites for hydroxylation is 4. The predicted octanol–water partition coefficient (Wildman–Crippen LogP) is 18.3. The summed E-state index contributed by atoms with van der Waals surface area (Å²) in [6, 6.07) is 14.3. The molecule has 0 unspecified atom stereocenters. The second kappa shape index (κ2) is 38.5. The molecule has 2 nitrogen and oxygen atoms in total. The molecular formula is C56H90N2Ni. The minimum atomic E-state index is 0. The number of nitrogens with zero attached hydrogens (tertiary/aromatic N) is 2. The maximum Gasteiger partial charge on any atom is 0.139 e. The van der Waals surface area contributed by atoms with E-state index in [4.69, 9.17) is 9.98 Å². The fourth-order valence-corrected chi connectivity index (χ4v) is 7.83. The van der Waals surface area contributed by atoms with Crippen LogP contribution in [0.3, 0.4) is 0 Å². The Kier molecular flexibility index (Phi) is 35.6. The van der Waals surface area contributed by atoms with Crippen molar-refractivity contribution in [1.82, 2.24) is 0 Å². The van der Waals surface area contributed by atoms with Crippen LogP contribution in [0.5, 0.6) is 0 Å². The summed E-state index contributed by atoms with van der Waals surface area (Å²) in [5.74, 6) is 7.28. The van der Waals surface area contributed by atoms with E-state index in [2.05, 4.69) is 102 Å². The van der Waals surface area contributed by atoms with Crippen LogP contribution in [0.25, 0.3) is 0 Å². The zero-order valence-electron chi connectivity index (χ0n) is 39.5. The number of hydrogen-bond donors (Lipinski definition) is 0. The first-order valence-electron chi connectivity index (χ1n) is 25.1. The third-order valence-electron chi connectivity index (χ3n) is 11.4. The summed E-state index contributed by atoms with van der Waals surface area (Å²) in [6.45, 7) is 13.8. The van der Waals surface area contributed by atoms with E-state index in [1.54, 1.807) is 0 Å². The Labute approximate surface area is 377 Å². The van der Waals surface area contributed by atoms with E-state index in [0.29, 0.717) is 0 Å². The van der Waals surface area contributed by atoms with Crippen molar-refractivity contribution in [2.45, 2.75) is 247 Å². The molecule has 2 rings (SSSR count). The van der Waals surface area contributed by atoms with Gasteiger partial charge in [0.2, 0.25) is 0 Å². The zero-order chi connectivity index (χ0) is 41.7. The van der Waals surface area contributed by atoms with E-state index in [1.807, 2.05) is 0 Å². The Morgan fingerprint density at radius 3 is 1.20 bits per heavy atom. The topological polar surface area (TPSA) is 24.7 Å². The second-order valence-electron chi connectivity index (χ2n) is 17.3. The fraction of sp³-hybridized carbons (Fsp3) is 0.679. The van der Waals surface area contributed by atoms with Gasteiger partial charge in [-0.2, -0.15) is 0 Å². The van der Waals surface area contributed by atoms with E-state index in [1.165, 1.54) is 183 Å². The van der Waals surface area contributed by atoms with Crippen LogP contribution in [-0.4, -0.2) is 11.4 Å². The molecular weight excluding hydrogens is 759 g/mol. The standard InChI is InChI=1S/C56H90N2.Ni/c1-7-13-19-21-23-24-25-26-27-28-30-36-42-56(58-54-47-51(39-33-17-11-5)44-52(48-54)40-34-18-12-6)55(41-35-29-22-20-14-8-2)57-53-45-49(37-31-15-9-3)43-50(46-53)38-32-16-10-4;/h35,41,43-48H,7-34,37-40H2,1-6H3;/b41-35+,57-55?,58-56?;. The van der Waals surface area contributed by atoms with Crippen LogP contribution in [0.4, 0.5) is 11.4 Å². The monoisotopic (exact) mass is 849 g/mol. The van der Waals surface area contributed by atoms with Crippen molar-refractivity contribution in [3.63, 3.8) is 0 Å². The molecule has 2 aromatic rings. The van der Waals surface area contributed by atoms with E-state index in [0.717, 1.165) is 67.7 Å². The van der Waals surface area contributed by atoms with Crippen molar-refractivity contribution in [3.05, 3.63) is 70.8 Å². The quantitative estimate of drug-likeness (QED) is 0.0286. The van der Waals surface area contributed by atoms with Gasteiger partial charge >= 0.3 is 0 Å². The molecule has 0 N–H and O–H groups in total. The molecule has 59 heavy (non-hydrogen) atoms. The molecule has 0 saturated carbocycles. The van der Waals surface area contributed by atoms with E-state index in [-0.39, 0.29) is 16.5 Å². The Morgan fingerprint density at radius 1 is 0.424 bits per heavy atom. The molecule has 0 heterocycles. The van der Waals surface area contributed by atoms with Crippen molar-refractivity contribution in [2.75, 3.05) is 0 Å². The average molecular weight is 850 g/mol. The third kappa shape index (κ3) is 27.9. The second-order valence-corrected chi connectivity index (χ2v) is 17.3. The number of allylic oxidation sites excluding steroid dienone is 2. The van der Waals surface area contributed by atoms with Crippen LogP contribution >= 0.6 is 0 Å². The molecule has 0 fully saturated rings. The molecule has 0 aliphatic rings. The number of unbranched alkanes of at least 4 members (excludes halogenated alkanes) is 22. The summed E-state index contributed by atoms with van der Waals surface area (Å²) in [7, 11) is 0. The molecule has 0 aromatic heterocycles. The van der Waals surface area contributed by atoms with Gasteiger partial charge in [-0.1, -0.05) is 194 Å². The van der Waals surface area contributed by atoms with Gasteiger partial charge in [0.25, 0.3) is 0 Å². The molecule has 0 atom stereocenters. The number of aliphatic imine (C=N–C) groups is 2. The summed E-state index contributed by atoms with van der Waals surface area (Å²) < 4.78 is 0. The molecule has 3 heteroatoms. The Hall–Kier alpha value is -2.43. The molecule has 0 amide bonds. The van der Waals surface area contributed by atoms with Gasteiger partial charge in [0.15, 0.2) is 0 Å². The van der Waals surface area contributed by atoms with Crippen LogP contribution < -0.4 is 0 Å². The molecule has 0 bridgehead atoms. The average Bonchev–Trinajstić information content (AvgIpc) is 3.22. The Balaban J connectivity index is 0.0000174. The first-order valence-corrected chi connectivity index (χ1v) is 25.1. The molecule has 334 valence electrons. The van der Waals surface area contributed by atoms with Gasteiger partial charge in [-0.3, -0.25) is 0 Å². The van der Waals surface area contributed by atoms with Gasteiger partial charge in [0.1, 0.15) is 5.71 Å². The van der Waals surface area contributed by atoms with E-state index in [9.17, 15) is 0 Å². The number of rotatable bonds is 35. The summed E-state index contributed by atoms with van der Waals surface area (Å²) in [4.78, 5) is 11.0. The van der Waals surface area contributed by atoms with E-state index >= 15 is 0 Å². The van der Waals surface area contributed by atoms with Crippen LogP contribution in [0.2, 0.25) is 0 Å². The van der Waals surface area contributed by atoms with Crippen molar-refractivity contribution in [1.29, 1.82) is 0 Å². The van der Waals surface area contributed by atoms with Crippen LogP contribution in [0, 0.1) is 11.8 Å². The number of hydrogen-bond acceptors (Lipinski definition) is 2. The Bertz CT molecular complexity index is 1410. The molecule has 2 aromatic carbocycles. The van der Waals surface area contributed by atoms with Crippen LogP contribution in [-0.2, 0) is 42.2 Å². The summed E-state index contributed by atoms with van der Waals surface area (Å²) in [6.07, 6.45) is 44.5. The Morgan fingerprint density at radius 2 is 0.780 bits per heavy atom. The maximum absolute atomic E-state index is 5.51. The van der Waals surface area contributed by atoms with Gasteiger partial charge in [0.05, 0.1) is 17.1 Å². The van der Waals surface area contributed by atoms with Gasteiger partial charge < -0.3 is 0 Å². The largest absolute Gasteiger partial charge is 0.246 e. The van der Waals surface area contributed by atoms with E-state index < -0.39 is 0 Å². The summed E-state index contributed by atoms with van der Waals surface area (Å²) in [5.41, 5.74) is 9.52. The smallest absolute Gasteiger partial charge is 0.139 e. The van der Waals surface area contributed by atoms with Gasteiger partial charge in [-0.15, -0.1) is 0 Å². The van der Waals surface area contributed by atoms with Crippen LogP contribution in [0.1, 0.15) is 244 Å². The minimum Gasteiger partial charge on any atom is -0.246 e. The SMILES string of the molecule is CCCCCC/C=C/C(=Nc1cc(CCCCC)cc(CCCCC)c1)C(C#CCCCCCCCCCCCC)=Nc1cc(CCCCC)cc(CCCCC)c1.[Ni]. The summed E-state index contributed by atoms with van der Waals surface area (Å²) >= 11 is 0. The van der Waals surface area contributed by atoms with Crippen LogP contribution in [0.15, 0.2) is 58.5 Å². The first-order chi connectivity index (χ1) is 28.6. The molecule has 0 spiro atoms. The fourth-order valence-electron chi connectivity index (χ4n) is 7.83. The minimum absolute atomic E-state index is 0. The molecule has 0 aliphatic carbocycles. The normalized spacial score (nSPS) is 11.9. The number of benzene rings is 2. The summed E-state index contributed by atoms with van der Waals surface area (Å²) in [5, 5.41) is 0. The molecule has 0 aliphatic heterocycles. The van der Waals surface area contributed by atoms with Gasteiger partial charge in [-0.25, -0.2) is 9.98 Å². The van der Waals surface area contributed by atoms with Crippen molar-refractivity contribution in [3.8, 4) is 11.8 Å². The van der Waals surface area contributed by atoms with Crippen molar-refractivity contribution in [2.24, 2.45) is 9.98 Å².